The first-order valence-corrected chi connectivity index (χ1v) is 10.0. The van der Waals surface area contributed by atoms with E-state index in [9.17, 15) is 14.4 Å². The third-order valence-corrected chi connectivity index (χ3v) is 4.39. The Bertz CT molecular complexity index is 705. The van der Waals surface area contributed by atoms with Gasteiger partial charge in [-0.25, -0.2) is 0 Å². The average molecular weight is 417 g/mol. The van der Waals surface area contributed by atoms with E-state index in [0.29, 0.717) is 12.8 Å². The van der Waals surface area contributed by atoms with Gasteiger partial charge in [0.15, 0.2) is 0 Å². The minimum Gasteiger partial charge on any atom is -0.456 e. The molecule has 0 aromatic heterocycles. The first-order valence-electron chi connectivity index (χ1n) is 10.0. The molecule has 7 nitrogen and oxygen atoms in total. The molecule has 1 aromatic rings. The number of amides is 2. The number of carbonyl (C=O) groups is 3. The lowest BCUT2D eigenvalue weighted by molar-refractivity contribution is -0.150. The summed E-state index contributed by atoms with van der Waals surface area (Å²) >= 11 is 0. The molecule has 0 spiro atoms. The molecule has 0 bridgehead atoms. The SMILES string of the molecule is C=CCCC(=O)OC(CNC(=O)C(CC=C)CC(=O)NC(C)CO)c1ccccc1. The van der Waals surface area contributed by atoms with Gasteiger partial charge in [0.2, 0.25) is 11.8 Å². The van der Waals surface area contributed by atoms with E-state index in [1.807, 2.05) is 30.3 Å². The predicted molar refractivity (Wildman–Crippen MR) is 115 cm³/mol. The van der Waals surface area contributed by atoms with Gasteiger partial charge >= 0.3 is 5.97 Å². The number of rotatable bonds is 14. The second-order valence-electron chi connectivity index (χ2n) is 7.04. The van der Waals surface area contributed by atoms with E-state index < -0.39 is 12.0 Å². The Hall–Kier alpha value is -2.93. The minimum atomic E-state index is -0.639. The monoisotopic (exact) mass is 416 g/mol. The summed E-state index contributed by atoms with van der Waals surface area (Å²) in [6.45, 7) is 8.82. The lowest BCUT2D eigenvalue weighted by Crippen LogP contribution is -2.40. The van der Waals surface area contributed by atoms with Crippen LogP contribution in [-0.4, -0.2) is 42.1 Å². The summed E-state index contributed by atoms with van der Waals surface area (Å²) < 4.78 is 5.55. The maximum Gasteiger partial charge on any atom is 0.306 e. The highest BCUT2D eigenvalue weighted by molar-refractivity contribution is 5.86. The van der Waals surface area contributed by atoms with Crippen LogP contribution in [0.3, 0.4) is 0 Å². The summed E-state index contributed by atoms with van der Waals surface area (Å²) in [5, 5.41) is 14.5. The Morgan fingerprint density at radius 3 is 2.47 bits per heavy atom. The van der Waals surface area contributed by atoms with E-state index in [0.717, 1.165) is 5.56 Å². The molecule has 1 rings (SSSR count). The molecule has 0 fully saturated rings. The largest absolute Gasteiger partial charge is 0.456 e. The molecule has 1 aromatic carbocycles. The number of nitrogens with one attached hydrogen (secondary N) is 2. The second kappa shape index (κ2) is 14.1. The highest BCUT2D eigenvalue weighted by atomic mass is 16.5. The van der Waals surface area contributed by atoms with Crippen molar-refractivity contribution in [3.63, 3.8) is 0 Å². The van der Waals surface area contributed by atoms with Gasteiger partial charge < -0.3 is 20.5 Å². The van der Waals surface area contributed by atoms with Crippen LogP contribution in [0.5, 0.6) is 0 Å². The van der Waals surface area contributed by atoms with Gasteiger partial charge in [-0.15, -0.1) is 13.2 Å². The van der Waals surface area contributed by atoms with Gasteiger partial charge in [-0.1, -0.05) is 42.5 Å². The molecule has 0 aliphatic heterocycles. The fourth-order valence-electron chi connectivity index (χ4n) is 2.76. The first-order chi connectivity index (χ1) is 14.4. The van der Waals surface area contributed by atoms with Crippen molar-refractivity contribution >= 4 is 17.8 Å². The highest BCUT2D eigenvalue weighted by Crippen LogP contribution is 2.18. The normalized spacial score (nSPS) is 13.4. The van der Waals surface area contributed by atoms with Gasteiger partial charge in [0.05, 0.1) is 19.1 Å². The van der Waals surface area contributed by atoms with Crippen LogP contribution in [0.2, 0.25) is 0 Å². The van der Waals surface area contributed by atoms with Crippen LogP contribution in [-0.2, 0) is 19.1 Å². The quantitative estimate of drug-likeness (QED) is 0.319. The third kappa shape index (κ3) is 9.52. The van der Waals surface area contributed by atoms with Crippen molar-refractivity contribution in [1.29, 1.82) is 0 Å². The predicted octanol–water partition coefficient (Wildman–Crippen LogP) is 2.43. The molecule has 0 aliphatic carbocycles. The van der Waals surface area contributed by atoms with E-state index in [1.165, 1.54) is 0 Å². The summed E-state index contributed by atoms with van der Waals surface area (Å²) in [6.07, 6.45) is 3.60. The molecule has 0 aliphatic rings. The van der Waals surface area contributed by atoms with Crippen molar-refractivity contribution in [2.75, 3.05) is 13.2 Å². The maximum atomic E-state index is 12.7. The summed E-state index contributed by atoms with van der Waals surface area (Å²) in [6, 6.07) is 8.77. The molecule has 0 heterocycles. The Kier molecular flexibility index (Phi) is 11.8. The average Bonchev–Trinajstić information content (AvgIpc) is 2.75. The van der Waals surface area contributed by atoms with Crippen LogP contribution in [0, 0.1) is 5.92 Å². The molecule has 3 unspecified atom stereocenters. The van der Waals surface area contributed by atoms with Crippen LogP contribution >= 0.6 is 0 Å². The summed E-state index contributed by atoms with van der Waals surface area (Å²) in [5.41, 5.74) is 0.763. The number of carbonyl (C=O) groups excluding carboxylic acids is 3. The first kappa shape index (κ1) is 25.1. The number of aliphatic hydroxyl groups is 1. The Morgan fingerprint density at radius 1 is 1.17 bits per heavy atom. The second-order valence-corrected chi connectivity index (χ2v) is 7.04. The van der Waals surface area contributed by atoms with Crippen molar-refractivity contribution in [3.05, 3.63) is 61.2 Å². The highest BCUT2D eigenvalue weighted by Gasteiger charge is 2.24. The zero-order chi connectivity index (χ0) is 22.4. The molecule has 0 saturated carbocycles. The van der Waals surface area contributed by atoms with Gasteiger partial charge in [0.25, 0.3) is 0 Å². The number of hydrogen-bond donors (Lipinski definition) is 3. The van der Waals surface area contributed by atoms with Gasteiger partial charge in [-0.3, -0.25) is 14.4 Å². The Morgan fingerprint density at radius 2 is 1.87 bits per heavy atom. The van der Waals surface area contributed by atoms with Crippen LogP contribution in [0.15, 0.2) is 55.6 Å². The zero-order valence-electron chi connectivity index (χ0n) is 17.5. The molecule has 0 radical (unpaired) electrons. The topological polar surface area (TPSA) is 105 Å². The fourth-order valence-corrected chi connectivity index (χ4v) is 2.76. The van der Waals surface area contributed by atoms with Crippen LogP contribution in [0.4, 0.5) is 0 Å². The molecule has 3 atom stereocenters. The van der Waals surface area contributed by atoms with E-state index in [2.05, 4.69) is 23.8 Å². The van der Waals surface area contributed by atoms with Crippen molar-refractivity contribution in [2.45, 2.75) is 44.8 Å². The standard InChI is InChI=1S/C23H32N2O5/c1-4-6-13-22(28)30-20(18-11-8-7-9-12-18)15-24-23(29)19(10-5-2)14-21(27)25-17(3)16-26/h4-5,7-9,11-12,17,19-20,26H,1-2,6,10,13-16H2,3H3,(H,24,29)(H,25,27). The van der Waals surface area contributed by atoms with Crippen molar-refractivity contribution in [2.24, 2.45) is 5.92 Å². The van der Waals surface area contributed by atoms with E-state index >= 15 is 0 Å². The number of benzene rings is 1. The number of aliphatic hydroxyl groups excluding tert-OH is 1. The number of hydrogen-bond acceptors (Lipinski definition) is 5. The molecular formula is C23H32N2O5. The summed E-state index contributed by atoms with van der Waals surface area (Å²) in [4.78, 5) is 36.8. The van der Waals surface area contributed by atoms with Crippen LogP contribution < -0.4 is 10.6 Å². The van der Waals surface area contributed by atoms with Gasteiger partial charge in [-0.2, -0.15) is 0 Å². The number of allylic oxidation sites excluding steroid dienone is 2. The van der Waals surface area contributed by atoms with E-state index in [1.54, 1.807) is 19.1 Å². The van der Waals surface area contributed by atoms with Gasteiger partial charge in [-0.05, 0) is 25.3 Å². The lowest BCUT2D eigenvalue weighted by atomic mass is 9.99. The van der Waals surface area contributed by atoms with Crippen LogP contribution in [0.25, 0.3) is 0 Å². The Labute approximate surface area is 178 Å². The fraction of sp³-hybridized carbons (Fsp3) is 0.435. The number of ether oxygens (including phenoxy) is 1. The summed E-state index contributed by atoms with van der Waals surface area (Å²) in [5.74, 6) is -1.64. The van der Waals surface area contributed by atoms with E-state index in [-0.39, 0.29) is 49.8 Å². The summed E-state index contributed by atoms with van der Waals surface area (Å²) in [7, 11) is 0. The molecule has 7 heteroatoms. The number of esters is 1. The van der Waals surface area contributed by atoms with Gasteiger partial charge in [0.1, 0.15) is 6.10 Å². The third-order valence-electron chi connectivity index (χ3n) is 4.39. The van der Waals surface area contributed by atoms with Gasteiger partial charge in [0, 0.05) is 18.9 Å². The molecule has 2 amide bonds. The van der Waals surface area contributed by atoms with Crippen molar-refractivity contribution in [3.8, 4) is 0 Å². The molecule has 0 saturated heterocycles. The molecule has 164 valence electrons. The maximum absolute atomic E-state index is 12.7. The lowest BCUT2D eigenvalue weighted by Gasteiger charge is -2.21. The molecule has 3 N–H and O–H groups in total. The van der Waals surface area contributed by atoms with Crippen molar-refractivity contribution < 1.29 is 24.2 Å². The minimum absolute atomic E-state index is 0.0304. The molecular weight excluding hydrogens is 384 g/mol. The van der Waals surface area contributed by atoms with Crippen molar-refractivity contribution in [1.82, 2.24) is 10.6 Å². The Balaban J connectivity index is 2.76. The van der Waals surface area contributed by atoms with E-state index in [4.69, 9.17) is 9.84 Å². The van der Waals surface area contributed by atoms with Crippen LogP contribution in [0.1, 0.15) is 44.3 Å². The molecule has 30 heavy (non-hydrogen) atoms. The zero-order valence-corrected chi connectivity index (χ0v) is 17.5. The smallest absolute Gasteiger partial charge is 0.306 e.